The first-order valence-corrected chi connectivity index (χ1v) is 7.20. The summed E-state index contributed by atoms with van der Waals surface area (Å²) in [5.74, 6) is 0.100. The van der Waals surface area contributed by atoms with Crippen LogP contribution in [-0.2, 0) is 24.8 Å². The summed E-state index contributed by atoms with van der Waals surface area (Å²) in [6, 6.07) is 0. The number of aryl methyl sites for hydroxylation is 2. The molecule has 0 bridgehead atoms. The molecular weight excluding hydrogens is 310 g/mol. The normalized spacial score (nSPS) is 20.7. The first kappa shape index (κ1) is 14.5. The Bertz CT molecular complexity index is 473. The summed E-state index contributed by atoms with van der Waals surface area (Å²) in [5.41, 5.74) is 7.74. The van der Waals surface area contributed by atoms with Gasteiger partial charge in [-0.2, -0.15) is 5.10 Å². The molecule has 7 heteroatoms. The van der Waals surface area contributed by atoms with Crippen molar-refractivity contribution in [3.05, 3.63) is 15.9 Å². The van der Waals surface area contributed by atoms with Crippen LogP contribution in [0.5, 0.6) is 0 Å². The SMILES string of the molecule is CCc1nn(C)c(CN2CCOC(C(=N)N)C2)c1Br. The molecule has 1 fully saturated rings. The molecule has 19 heavy (non-hydrogen) atoms. The number of halogens is 1. The Labute approximate surface area is 121 Å². The lowest BCUT2D eigenvalue weighted by atomic mass is 10.2. The predicted molar refractivity (Wildman–Crippen MR) is 77.2 cm³/mol. The van der Waals surface area contributed by atoms with E-state index in [0.29, 0.717) is 13.2 Å². The van der Waals surface area contributed by atoms with Crippen molar-refractivity contribution >= 4 is 21.8 Å². The third-order valence-electron chi connectivity index (χ3n) is 3.37. The molecule has 1 aromatic rings. The van der Waals surface area contributed by atoms with E-state index in [9.17, 15) is 0 Å². The number of nitrogens with zero attached hydrogens (tertiary/aromatic N) is 3. The minimum atomic E-state index is -0.286. The zero-order chi connectivity index (χ0) is 14.0. The molecule has 1 aliphatic heterocycles. The molecule has 106 valence electrons. The van der Waals surface area contributed by atoms with Gasteiger partial charge in [0.25, 0.3) is 0 Å². The summed E-state index contributed by atoms with van der Waals surface area (Å²) >= 11 is 3.62. The first-order valence-electron chi connectivity index (χ1n) is 6.41. The van der Waals surface area contributed by atoms with Crippen molar-refractivity contribution in [2.45, 2.75) is 26.0 Å². The molecule has 2 heterocycles. The van der Waals surface area contributed by atoms with E-state index in [-0.39, 0.29) is 11.9 Å². The van der Waals surface area contributed by atoms with Gasteiger partial charge in [-0.15, -0.1) is 0 Å². The maximum absolute atomic E-state index is 7.48. The number of ether oxygens (including phenoxy) is 1. The summed E-state index contributed by atoms with van der Waals surface area (Å²) in [6.07, 6.45) is 0.625. The minimum Gasteiger partial charge on any atom is -0.385 e. The van der Waals surface area contributed by atoms with E-state index < -0.39 is 0 Å². The molecule has 6 nitrogen and oxygen atoms in total. The van der Waals surface area contributed by atoms with Crippen LogP contribution < -0.4 is 5.73 Å². The average molecular weight is 330 g/mol. The second-order valence-corrected chi connectivity index (χ2v) is 5.53. The fourth-order valence-electron chi connectivity index (χ4n) is 2.24. The number of nitrogens with one attached hydrogen (secondary N) is 1. The van der Waals surface area contributed by atoms with E-state index >= 15 is 0 Å². The molecule has 1 aromatic heterocycles. The second-order valence-electron chi connectivity index (χ2n) is 4.73. The van der Waals surface area contributed by atoms with Crippen LogP contribution in [0.25, 0.3) is 0 Å². The molecule has 0 spiro atoms. The lowest BCUT2D eigenvalue weighted by molar-refractivity contribution is 0.00145. The molecule has 1 unspecified atom stereocenters. The minimum absolute atomic E-state index is 0.100. The van der Waals surface area contributed by atoms with Crippen LogP contribution in [0.4, 0.5) is 0 Å². The summed E-state index contributed by atoms with van der Waals surface area (Å²) < 4.78 is 8.47. The number of aromatic nitrogens is 2. The van der Waals surface area contributed by atoms with Crippen LogP contribution in [0, 0.1) is 5.41 Å². The van der Waals surface area contributed by atoms with Crippen molar-refractivity contribution in [2.24, 2.45) is 12.8 Å². The predicted octanol–water partition coefficient (Wildman–Crippen LogP) is 0.882. The van der Waals surface area contributed by atoms with E-state index in [2.05, 4.69) is 32.9 Å². The third kappa shape index (κ3) is 3.16. The molecule has 0 radical (unpaired) electrons. The Morgan fingerprint density at radius 1 is 1.63 bits per heavy atom. The topological polar surface area (TPSA) is 80.2 Å². The van der Waals surface area contributed by atoms with E-state index in [1.54, 1.807) is 0 Å². The molecule has 0 aromatic carbocycles. The Morgan fingerprint density at radius 3 is 2.95 bits per heavy atom. The Balaban J connectivity index is 2.08. The summed E-state index contributed by atoms with van der Waals surface area (Å²) in [6.45, 7) is 5.01. The summed E-state index contributed by atoms with van der Waals surface area (Å²) in [4.78, 5) is 2.25. The highest BCUT2D eigenvalue weighted by Crippen LogP contribution is 2.23. The first-order chi connectivity index (χ1) is 9.02. The van der Waals surface area contributed by atoms with Gasteiger partial charge in [-0.05, 0) is 22.4 Å². The molecule has 1 saturated heterocycles. The molecule has 3 N–H and O–H groups in total. The van der Waals surface area contributed by atoms with Crippen LogP contribution >= 0.6 is 15.9 Å². The van der Waals surface area contributed by atoms with Crippen LogP contribution in [0.3, 0.4) is 0 Å². The van der Waals surface area contributed by atoms with Crippen molar-refractivity contribution in [2.75, 3.05) is 19.7 Å². The van der Waals surface area contributed by atoms with Gasteiger partial charge in [0.15, 0.2) is 0 Å². The fraction of sp³-hybridized carbons (Fsp3) is 0.667. The Kier molecular flexibility index (Phi) is 4.59. The fourth-order valence-corrected chi connectivity index (χ4v) is 2.98. The van der Waals surface area contributed by atoms with Gasteiger partial charge in [-0.25, -0.2) is 0 Å². The van der Waals surface area contributed by atoms with Crippen LogP contribution in [0.2, 0.25) is 0 Å². The van der Waals surface area contributed by atoms with Crippen molar-refractivity contribution in [3.8, 4) is 0 Å². The Hall–Kier alpha value is -0.920. The van der Waals surface area contributed by atoms with Crippen molar-refractivity contribution < 1.29 is 4.74 Å². The van der Waals surface area contributed by atoms with Gasteiger partial charge in [-0.1, -0.05) is 6.92 Å². The maximum Gasteiger partial charge on any atom is 0.127 e. The van der Waals surface area contributed by atoms with Gasteiger partial charge >= 0.3 is 0 Å². The number of rotatable bonds is 4. The van der Waals surface area contributed by atoms with Gasteiger partial charge in [0.2, 0.25) is 0 Å². The van der Waals surface area contributed by atoms with Gasteiger partial charge in [-0.3, -0.25) is 15.0 Å². The van der Waals surface area contributed by atoms with Gasteiger partial charge in [0.1, 0.15) is 11.9 Å². The zero-order valence-electron chi connectivity index (χ0n) is 11.3. The standard InChI is InChI=1S/C12H20BrN5O/c1-3-8-11(13)9(17(2)16-8)6-18-4-5-19-10(7-18)12(14)15/h10H,3-7H2,1-2H3,(H3,14,15). The smallest absolute Gasteiger partial charge is 0.127 e. The summed E-state index contributed by atoms with van der Waals surface area (Å²) in [5, 5.41) is 12.0. The third-order valence-corrected chi connectivity index (χ3v) is 4.29. The molecule has 0 amide bonds. The highest BCUT2D eigenvalue weighted by molar-refractivity contribution is 9.10. The van der Waals surface area contributed by atoms with Gasteiger partial charge in [0.05, 0.1) is 22.5 Å². The van der Waals surface area contributed by atoms with Gasteiger partial charge in [0, 0.05) is 26.7 Å². The lowest BCUT2D eigenvalue weighted by Gasteiger charge is -2.32. The van der Waals surface area contributed by atoms with E-state index in [1.807, 2.05) is 11.7 Å². The summed E-state index contributed by atoms with van der Waals surface area (Å²) in [7, 11) is 1.96. The van der Waals surface area contributed by atoms with Crippen LogP contribution in [0.1, 0.15) is 18.3 Å². The van der Waals surface area contributed by atoms with Gasteiger partial charge < -0.3 is 10.5 Å². The van der Waals surface area contributed by atoms with E-state index in [0.717, 1.165) is 35.4 Å². The second kappa shape index (κ2) is 6.02. The van der Waals surface area contributed by atoms with E-state index in [1.165, 1.54) is 0 Å². The maximum atomic E-state index is 7.48. The quantitative estimate of drug-likeness (QED) is 0.634. The number of amidine groups is 1. The molecule has 0 saturated carbocycles. The molecule has 0 aliphatic carbocycles. The number of hydrogen-bond donors (Lipinski definition) is 2. The van der Waals surface area contributed by atoms with Crippen molar-refractivity contribution in [1.82, 2.24) is 14.7 Å². The van der Waals surface area contributed by atoms with Crippen LogP contribution in [-0.4, -0.2) is 46.3 Å². The highest BCUT2D eigenvalue weighted by Gasteiger charge is 2.24. The molecule has 2 rings (SSSR count). The molecule has 1 atom stereocenters. The van der Waals surface area contributed by atoms with Crippen molar-refractivity contribution in [1.29, 1.82) is 5.41 Å². The zero-order valence-corrected chi connectivity index (χ0v) is 12.9. The monoisotopic (exact) mass is 329 g/mol. The van der Waals surface area contributed by atoms with Crippen molar-refractivity contribution in [3.63, 3.8) is 0 Å². The van der Waals surface area contributed by atoms with E-state index in [4.69, 9.17) is 15.9 Å². The number of hydrogen-bond acceptors (Lipinski definition) is 4. The largest absolute Gasteiger partial charge is 0.385 e. The average Bonchev–Trinajstić information content (AvgIpc) is 2.66. The lowest BCUT2D eigenvalue weighted by Crippen LogP contribution is -2.47. The molecule has 1 aliphatic rings. The highest BCUT2D eigenvalue weighted by atomic mass is 79.9. The number of morpholine rings is 1. The Morgan fingerprint density at radius 2 is 2.37 bits per heavy atom. The number of nitrogens with two attached hydrogens (primary N) is 1. The molecular formula is C12H20BrN5O. The van der Waals surface area contributed by atoms with Crippen LogP contribution in [0.15, 0.2) is 4.47 Å².